The molecule has 1 atom stereocenters. The molecule has 6 nitrogen and oxygen atoms in total. The van der Waals surface area contributed by atoms with E-state index in [2.05, 4.69) is 10.00 Å². The van der Waals surface area contributed by atoms with E-state index >= 15 is 0 Å². The molecule has 1 aliphatic rings. The highest BCUT2D eigenvalue weighted by Gasteiger charge is 2.25. The maximum atomic E-state index is 11.3. The lowest BCUT2D eigenvalue weighted by molar-refractivity contribution is -0.130. The summed E-state index contributed by atoms with van der Waals surface area (Å²) in [5.74, 6) is 0.153. The van der Waals surface area contributed by atoms with Crippen LogP contribution in [0.1, 0.15) is 18.5 Å². The van der Waals surface area contributed by atoms with Gasteiger partial charge in [0.25, 0.3) is 0 Å². The van der Waals surface area contributed by atoms with Crippen LogP contribution in [-0.2, 0) is 11.8 Å². The highest BCUT2D eigenvalue weighted by molar-refractivity contribution is 5.73. The van der Waals surface area contributed by atoms with Crippen LogP contribution in [0.15, 0.2) is 12.4 Å². The van der Waals surface area contributed by atoms with E-state index < -0.39 is 0 Å². The standard InChI is InChI=1S/C12H21N5O/c1-10(18)16-3-5-17(6-4-16)12(7-13)11-8-14-15(2)9-11/h8-9,12H,3-7,13H2,1-2H3. The highest BCUT2D eigenvalue weighted by Crippen LogP contribution is 2.20. The third kappa shape index (κ3) is 2.70. The third-order valence-corrected chi connectivity index (χ3v) is 3.53. The Morgan fingerprint density at radius 1 is 1.44 bits per heavy atom. The molecule has 0 aromatic carbocycles. The minimum Gasteiger partial charge on any atom is -0.340 e. The summed E-state index contributed by atoms with van der Waals surface area (Å²) in [6, 6.07) is 0.202. The van der Waals surface area contributed by atoms with Gasteiger partial charge < -0.3 is 10.6 Å². The Hall–Kier alpha value is -1.40. The number of hydrogen-bond acceptors (Lipinski definition) is 4. The van der Waals surface area contributed by atoms with Gasteiger partial charge in [-0.05, 0) is 0 Å². The summed E-state index contributed by atoms with van der Waals surface area (Å²) in [6.45, 7) is 5.51. The van der Waals surface area contributed by atoms with E-state index in [1.807, 2.05) is 24.3 Å². The molecule has 1 aromatic heterocycles. The second-order valence-electron chi connectivity index (χ2n) is 4.74. The predicted molar refractivity (Wildman–Crippen MR) is 68.8 cm³/mol. The number of aryl methyl sites for hydroxylation is 1. The van der Waals surface area contributed by atoms with Crippen LogP contribution in [0, 0.1) is 0 Å². The van der Waals surface area contributed by atoms with Gasteiger partial charge in [0.15, 0.2) is 0 Å². The summed E-state index contributed by atoms with van der Waals surface area (Å²) < 4.78 is 1.80. The molecule has 1 fully saturated rings. The molecule has 0 saturated carbocycles. The zero-order valence-corrected chi connectivity index (χ0v) is 11.0. The number of carbonyl (C=O) groups excluding carboxylic acids is 1. The van der Waals surface area contributed by atoms with Crippen LogP contribution < -0.4 is 5.73 Å². The fourth-order valence-corrected chi connectivity index (χ4v) is 2.46. The van der Waals surface area contributed by atoms with Crippen molar-refractivity contribution in [3.05, 3.63) is 18.0 Å². The molecule has 1 unspecified atom stereocenters. The Bertz CT molecular complexity index is 408. The summed E-state index contributed by atoms with van der Waals surface area (Å²) in [4.78, 5) is 15.5. The number of nitrogens with zero attached hydrogens (tertiary/aromatic N) is 4. The van der Waals surface area contributed by atoms with Crippen LogP contribution in [0.2, 0.25) is 0 Å². The molecule has 0 radical (unpaired) electrons. The molecule has 100 valence electrons. The van der Waals surface area contributed by atoms with E-state index in [-0.39, 0.29) is 11.9 Å². The summed E-state index contributed by atoms with van der Waals surface area (Å²) in [5.41, 5.74) is 7.03. The van der Waals surface area contributed by atoms with Crippen molar-refractivity contribution in [3.63, 3.8) is 0 Å². The van der Waals surface area contributed by atoms with Gasteiger partial charge in [-0.15, -0.1) is 0 Å². The van der Waals surface area contributed by atoms with Crippen molar-refractivity contribution in [1.29, 1.82) is 0 Å². The first-order valence-electron chi connectivity index (χ1n) is 6.30. The van der Waals surface area contributed by atoms with Crippen LogP contribution in [0.25, 0.3) is 0 Å². The van der Waals surface area contributed by atoms with Gasteiger partial charge in [0, 0.05) is 58.5 Å². The maximum Gasteiger partial charge on any atom is 0.219 e. The van der Waals surface area contributed by atoms with Crippen molar-refractivity contribution in [2.75, 3.05) is 32.7 Å². The number of carbonyl (C=O) groups is 1. The topological polar surface area (TPSA) is 67.4 Å². The van der Waals surface area contributed by atoms with Gasteiger partial charge in [0.1, 0.15) is 0 Å². The van der Waals surface area contributed by atoms with Gasteiger partial charge in [-0.1, -0.05) is 0 Å². The minimum absolute atomic E-state index is 0.153. The van der Waals surface area contributed by atoms with Gasteiger partial charge in [-0.2, -0.15) is 5.10 Å². The predicted octanol–water partition coefficient (Wildman–Crippen LogP) is -0.416. The molecule has 18 heavy (non-hydrogen) atoms. The summed E-state index contributed by atoms with van der Waals surface area (Å²) in [7, 11) is 1.91. The molecular formula is C12H21N5O. The Morgan fingerprint density at radius 3 is 2.56 bits per heavy atom. The average molecular weight is 251 g/mol. The maximum absolute atomic E-state index is 11.3. The summed E-state index contributed by atoms with van der Waals surface area (Å²) >= 11 is 0. The third-order valence-electron chi connectivity index (χ3n) is 3.53. The first kappa shape index (κ1) is 13.0. The molecule has 1 saturated heterocycles. The summed E-state index contributed by atoms with van der Waals surface area (Å²) in [6.07, 6.45) is 3.88. The zero-order valence-electron chi connectivity index (χ0n) is 11.0. The van der Waals surface area contributed by atoms with Gasteiger partial charge in [0.05, 0.1) is 12.2 Å². The molecule has 0 bridgehead atoms. The van der Waals surface area contributed by atoms with Gasteiger partial charge in [-0.25, -0.2) is 0 Å². The monoisotopic (exact) mass is 251 g/mol. The summed E-state index contributed by atoms with van der Waals surface area (Å²) in [5, 5.41) is 4.19. The first-order chi connectivity index (χ1) is 8.61. The van der Waals surface area contributed by atoms with E-state index in [0.29, 0.717) is 6.54 Å². The largest absolute Gasteiger partial charge is 0.340 e. The smallest absolute Gasteiger partial charge is 0.219 e. The lowest BCUT2D eigenvalue weighted by Crippen LogP contribution is -2.50. The fraction of sp³-hybridized carbons (Fsp3) is 0.667. The molecule has 6 heteroatoms. The van der Waals surface area contributed by atoms with Crippen LogP contribution >= 0.6 is 0 Å². The molecule has 0 spiro atoms. The van der Waals surface area contributed by atoms with Gasteiger partial charge in [-0.3, -0.25) is 14.4 Å². The van der Waals surface area contributed by atoms with Crippen molar-refractivity contribution in [2.24, 2.45) is 12.8 Å². The fourth-order valence-electron chi connectivity index (χ4n) is 2.46. The van der Waals surface area contributed by atoms with Crippen molar-refractivity contribution < 1.29 is 4.79 Å². The average Bonchev–Trinajstić information content (AvgIpc) is 2.77. The highest BCUT2D eigenvalue weighted by atomic mass is 16.2. The Balaban J connectivity index is 2.00. The number of hydrogen-bond donors (Lipinski definition) is 1. The van der Waals surface area contributed by atoms with Crippen molar-refractivity contribution in [2.45, 2.75) is 13.0 Å². The minimum atomic E-state index is 0.153. The van der Waals surface area contributed by atoms with E-state index in [9.17, 15) is 4.79 Å². The number of amides is 1. The van der Waals surface area contributed by atoms with Gasteiger partial charge >= 0.3 is 0 Å². The van der Waals surface area contributed by atoms with E-state index in [4.69, 9.17) is 5.73 Å². The molecule has 1 aliphatic heterocycles. The van der Waals surface area contributed by atoms with Crippen LogP contribution in [-0.4, -0.2) is 58.2 Å². The molecule has 2 heterocycles. The van der Waals surface area contributed by atoms with Crippen LogP contribution in [0.4, 0.5) is 0 Å². The number of nitrogens with two attached hydrogens (primary N) is 1. The van der Waals surface area contributed by atoms with E-state index in [0.717, 1.165) is 31.7 Å². The lowest BCUT2D eigenvalue weighted by atomic mass is 10.1. The quantitative estimate of drug-likeness (QED) is 0.792. The van der Waals surface area contributed by atoms with Crippen molar-refractivity contribution in [1.82, 2.24) is 19.6 Å². The normalized spacial score (nSPS) is 18.9. The van der Waals surface area contributed by atoms with E-state index in [1.165, 1.54) is 0 Å². The number of aromatic nitrogens is 2. The second kappa shape index (κ2) is 5.49. The van der Waals surface area contributed by atoms with Crippen molar-refractivity contribution >= 4 is 5.91 Å². The molecule has 2 N–H and O–H groups in total. The molecule has 0 aliphatic carbocycles. The molecule has 2 rings (SSSR count). The van der Waals surface area contributed by atoms with Crippen LogP contribution in [0.3, 0.4) is 0 Å². The Kier molecular flexibility index (Phi) is 3.98. The Labute approximate surface area is 107 Å². The molecule has 1 aromatic rings. The SMILES string of the molecule is CC(=O)N1CCN(C(CN)c2cnn(C)c2)CC1. The molecule has 1 amide bonds. The number of piperazine rings is 1. The van der Waals surface area contributed by atoms with E-state index in [1.54, 1.807) is 11.6 Å². The second-order valence-corrected chi connectivity index (χ2v) is 4.74. The zero-order chi connectivity index (χ0) is 13.1. The lowest BCUT2D eigenvalue weighted by Gasteiger charge is -2.38. The molecular weight excluding hydrogens is 230 g/mol. The van der Waals surface area contributed by atoms with Crippen molar-refractivity contribution in [3.8, 4) is 0 Å². The van der Waals surface area contributed by atoms with Crippen LogP contribution in [0.5, 0.6) is 0 Å². The first-order valence-corrected chi connectivity index (χ1v) is 6.30. The number of rotatable bonds is 3. The van der Waals surface area contributed by atoms with Gasteiger partial charge in [0.2, 0.25) is 5.91 Å². The Morgan fingerprint density at radius 2 is 2.11 bits per heavy atom.